The summed E-state index contributed by atoms with van der Waals surface area (Å²) in [6, 6.07) is 16.2. The molecule has 22 heavy (non-hydrogen) atoms. The lowest BCUT2D eigenvalue weighted by Gasteiger charge is -2.05. The lowest BCUT2D eigenvalue weighted by molar-refractivity contribution is -0.384. The van der Waals surface area contributed by atoms with E-state index in [1.807, 2.05) is 30.3 Å². The Balaban J connectivity index is 1.63. The predicted octanol–water partition coefficient (Wildman–Crippen LogP) is 2.65. The number of hydrogen-bond acceptors (Lipinski definition) is 4. The number of hydrogen-bond donors (Lipinski definition) is 2. The molecule has 2 rings (SSSR count). The Kier molecular flexibility index (Phi) is 5.97. The van der Waals surface area contributed by atoms with Crippen LogP contribution in [0.1, 0.15) is 5.56 Å². The van der Waals surface area contributed by atoms with E-state index in [1.165, 1.54) is 12.1 Å². The van der Waals surface area contributed by atoms with Gasteiger partial charge in [0.1, 0.15) is 0 Å². The third kappa shape index (κ3) is 5.27. The molecule has 112 valence electrons. The highest BCUT2D eigenvalue weighted by Crippen LogP contribution is 2.14. The Labute approximate surface area is 129 Å². The van der Waals surface area contributed by atoms with Gasteiger partial charge in [-0.2, -0.15) is 0 Å². The van der Waals surface area contributed by atoms with Crippen LogP contribution in [0.25, 0.3) is 0 Å². The minimum absolute atomic E-state index is 0.0971. The quantitative estimate of drug-likeness (QED) is 0.372. The SMILES string of the molecule is O=[N+]([O-])c1ccc(NCCNCC#Cc2ccccc2)cc1. The van der Waals surface area contributed by atoms with Gasteiger partial charge in [0.2, 0.25) is 0 Å². The Morgan fingerprint density at radius 2 is 1.73 bits per heavy atom. The fourth-order valence-electron chi connectivity index (χ4n) is 1.81. The molecule has 2 aromatic carbocycles. The molecule has 0 aliphatic carbocycles. The lowest BCUT2D eigenvalue weighted by atomic mass is 10.2. The van der Waals surface area contributed by atoms with Crippen molar-refractivity contribution in [1.29, 1.82) is 0 Å². The van der Waals surface area contributed by atoms with Crippen LogP contribution in [0.2, 0.25) is 0 Å². The number of nitro benzene ring substituents is 1. The van der Waals surface area contributed by atoms with Crippen LogP contribution in [0.4, 0.5) is 11.4 Å². The van der Waals surface area contributed by atoms with Gasteiger partial charge in [0.15, 0.2) is 0 Å². The maximum Gasteiger partial charge on any atom is 0.269 e. The van der Waals surface area contributed by atoms with Crippen molar-refractivity contribution in [3.63, 3.8) is 0 Å². The summed E-state index contributed by atoms with van der Waals surface area (Å²) in [4.78, 5) is 10.1. The van der Waals surface area contributed by atoms with E-state index in [0.29, 0.717) is 6.54 Å². The highest BCUT2D eigenvalue weighted by atomic mass is 16.6. The zero-order valence-corrected chi connectivity index (χ0v) is 12.1. The van der Waals surface area contributed by atoms with Crippen molar-refractivity contribution >= 4 is 11.4 Å². The molecule has 0 atom stereocenters. The molecule has 2 N–H and O–H groups in total. The van der Waals surface area contributed by atoms with E-state index in [1.54, 1.807) is 12.1 Å². The second kappa shape index (κ2) is 8.45. The maximum absolute atomic E-state index is 10.5. The molecule has 0 saturated carbocycles. The molecule has 0 fully saturated rings. The molecule has 0 heterocycles. The molecule has 2 aromatic rings. The number of benzene rings is 2. The smallest absolute Gasteiger partial charge is 0.269 e. The van der Waals surface area contributed by atoms with Crippen LogP contribution >= 0.6 is 0 Å². The minimum Gasteiger partial charge on any atom is -0.384 e. The lowest BCUT2D eigenvalue weighted by Crippen LogP contribution is -2.22. The number of non-ortho nitro benzene ring substituents is 1. The molecule has 0 spiro atoms. The normalized spacial score (nSPS) is 9.64. The number of anilines is 1. The zero-order chi connectivity index (χ0) is 15.6. The molecular formula is C17H17N3O2. The van der Waals surface area contributed by atoms with E-state index in [0.717, 1.165) is 24.3 Å². The first-order valence-corrected chi connectivity index (χ1v) is 6.99. The van der Waals surface area contributed by atoms with Gasteiger partial charge in [-0.3, -0.25) is 10.1 Å². The summed E-state index contributed by atoms with van der Waals surface area (Å²) >= 11 is 0. The van der Waals surface area contributed by atoms with E-state index in [4.69, 9.17) is 0 Å². The largest absolute Gasteiger partial charge is 0.384 e. The summed E-state index contributed by atoms with van der Waals surface area (Å²) in [7, 11) is 0. The van der Waals surface area contributed by atoms with E-state index < -0.39 is 4.92 Å². The topological polar surface area (TPSA) is 67.2 Å². The van der Waals surface area contributed by atoms with E-state index >= 15 is 0 Å². The van der Waals surface area contributed by atoms with Gasteiger partial charge in [-0.25, -0.2) is 0 Å². The first kappa shape index (κ1) is 15.5. The van der Waals surface area contributed by atoms with Crippen molar-refractivity contribution in [3.05, 3.63) is 70.3 Å². The summed E-state index contributed by atoms with van der Waals surface area (Å²) in [5, 5.41) is 16.9. The van der Waals surface area contributed by atoms with Crippen molar-refractivity contribution in [2.75, 3.05) is 25.0 Å². The molecule has 0 amide bonds. The van der Waals surface area contributed by atoms with Gasteiger partial charge in [0, 0.05) is 36.5 Å². The summed E-state index contributed by atoms with van der Waals surface area (Å²) in [6.45, 7) is 2.11. The standard InChI is InChI=1S/C17H17N3O2/c21-20(22)17-10-8-16(9-11-17)19-14-13-18-12-4-7-15-5-2-1-3-6-15/h1-3,5-6,8-11,18-19H,12-14H2. The summed E-state index contributed by atoms with van der Waals surface area (Å²) in [6.07, 6.45) is 0. The van der Waals surface area contributed by atoms with Crippen LogP contribution in [0.3, 0.4) is 0 Å². The molecular weight excluding hydrogens is 278 g/mol. The number of nitro groups is 1. The summed E-state index contributed by atoms with van der Waals surface area (Å²) < 4.78 is 0. The first-order chi connectivity index (χ1) is 10.8. The average molecular weight is 295 g/mol. The maximum atomic E-state index is 10.5. The highest BCUT2D eigenvalue weighted by molar-refractivity contribution is 5.48. The van der Waals surface area contributed by atoms with Crippen molar-refractivity contribution in [2.24, 2.45) is 0 Å². The molecule has 0 aromatic heterocycles. The van der Waals surface area contributed by atoms with Crippen LogP contribution in [-0.2, 0) is 0 Å². The van der Waals surface area contributed by atoms with Crippen LogP contribution < -0.4 is 10.6 Å². The average Bonchev–Trinajstić information content (AvgIpc) is 2.55. The summed E-state index contributed by atoms with van der Waals surface area (Å²) in [5.41, 5.74) is 1.97. The molecule has 0 saturated heterocycles. The molecule has 0 aliphatic rings. The van der Waals surface area contributed by atoms with Gasteiger partial charge >= 0.3 is 0 Å². The van der Waals surface area contributed by atoms with Gasteiger partial charge in [0.05, 0.1) is 11.5 Å². The molecule has 0 aliphatic heterocycles. The molecule has 0 unspecified atom stereocenters. The van der Waals surface area contributed by atoms with Gasteiger partial charge in [0.25, 0.3) is 5.69 Å². The Morgan fingerprint density at radius 1 is 1.00 bits per heavy atom. The first-order valence-electron chi connectivity index (χ1n) is 6.99. The van der Waals surface area contributed by atoms with Crippen LogP contribution in [0, 0.1) is 22.0 Å². The molecule has 0 radical (unpaired) electrons. The zero-order valence-electron chi connectivity index (χ0n) is 12.1. The van der Waals surface area contributed by atoms with E-state index in [9.17, 15) is 10.1 Å². The van der Waals surface area contributed by atoms with Crippen LogP contribution in [0.5, 0.6) is 0 Å². The Morgan fingerprint density at radius 3 is 2.41 bits per heavy atom. The van der Waals surface area contributed by atoms with Gasteiger partial charge < -0.3 is 10.6 Å². The van der Waals surface area contributed by atoms with Crippen molar-refractivity contribution in [2.45, 2.75) is 0 Å². The molecule has 5 nitrogen and oxygen atoms in total. The third-order valence-electron chi connectivity index (χ3n) is 2.93. The molecule has 0 bridgehead atoms. The van der Waals surface area contributed by atoms with Crippen molar-refractivity contribution in [3.8, 4) is 11.8 Å². The Hall–Kier alpha value is -2.84. The summed E-state index contributed by atoms with van der Waals surface area (Å²) in [5.74, 6) is 6.13. The second-order valence-electron chi connectivity index (χ2n) is 4.58. The number of nitrogens with one attached hydrogen (secondary N) is 2. The van der Waals surface area contributed by atoms with Gasteiger partial charge in [-0.05, 0) is 24.3 Å². The third-order valence-corrected chi connectivity index (χ3v) is 2.93. The molecule has 5 heteroatoms. The van der Waals surface area contributed by atoms with Crippen LogP contribution in [-0.4, -0.2) is 24.6 Å². The fourth-order valence-corrected chi connectivity index (χ4v) is 1.81. The fraction of sp³-hybridized carbons (Fsp3) is 0.176. The second-order valence-corrected chi connectivity index (χ2v) is 4.58. The predicted molar refractivity (Wildman–Crippen MR) is 87.8 cm³/mol. The van der Waals surface area contributed by atoms with Gasteiger partial charge in [-0.1, -0.05) is 30.0 Å². The van der Waals surface area contributed by atoms with Crippen molar-refractivity contribution in [1.82, 2.24) is 5.32 Å². The highest BCUT2D eigenvalue weighted by Gasteiger charge is 2.02. The monoisotopic (exact) mass is 295 g/mol. The number of nitrogens with zero attached hydrogens (tertiary/aromatic N) is 1. The van der Waals surface area contributed by atoms with Crippen LogP contribution in [0.15, 0.2) is 54.6 Å². The Bertz CT molecular complexity index is 658. The van der Waals surface area contributed by atoms with Crippen molar-refractivity contribution < 1.29 is 4.92 Å². The van der Waals surface area contributed by atoms with Gasteiger partial charge in [-0.15, -0.1) is 0 Å². The minimum atomic E-state index is -0.406. The van der Waals surface area contributed by atoms with E-state index in [2.05, 4.69) is 22.5 Å². The van der Waals surface area contributed by atoms with E-state index in [-0.39, 0.29) is 5.69 Å². The number of rotatable bonds is 6.